The van der Waals surface area contributed by atoms with E-state index in [1.165, 1.54) is 0 Å². The second kappa shape index (κ2) is 6.48. The first kappa shape index (κ1) is 18.3. The zero-order valence-corrected chi connectivity index (χ0v) is 13.9. The van der Waals surface area contributed by atoms with Gasteiger partial charge in [0.2, 0.25) is 0 Å². The van der Waals surface area contributed by atoms with E-state index in [-0.39, 0.29) is 32.3 Å². The SMILES string of the molecule is Nc1c(CS(=O)[O-])c(Cl)nn1-c1c(Cl)cc(C(F)(F)F)cc1Cl. The van der Waals surface area contributed by atoms with Crippen LogP contribution in [0.5, 0.6) is 0 Å². The molecular weight excluding hydrogens is 402 g/mol. The molecule has 1 aromatic carbocycles. The maximum Gasteiger partial charge on any atom is 0.416 e. The summed E-state index contributed by atoms with van der Waals surface area (Å²) in [6.45, 7) is 0. The molecule has 1 atom stereocenters. The lowest BCUT2D eigenvalue weighted by atomic mass is 10.2. The minimum atomic E-state index is -4.64. The minimum Gasteiger partial charge on any atom is -0.772 e. The first-order valence-electron chi connectivity index (χ1n) is 5.67. The van der Waals surface area contributed by atoms with E-state index in [0.717, 1.165) is 4.68 Å². The Morgan fingerprint density at radius 1 is 1.26 bits per heavy atom. The summed E-state index contributed by atoms with van der Waals surface area (Å²) in [7, 11) is 0. The molecule has 0 radical (unpaired) electrons. The van der Waals surface area contributed by atoms with E-state index < -0.39 is 28.6 Å². The van der Waals surface area contributed by atoms with Gasteiger partial charge in [-0.15, -0.1) is 0 Å². The Balaban J connectivity index is 2.62. The highest BCUT2D eigenvalue weighted by atomic mass is 35.5. The van der Waals surface area contributed by atoms with Crippen LogP contribution >= 0.6 is 34.8 Å². The van der Waals surface area contributed by atoms with Gasteiger partial charge in [-0.1, -0.05) is 45.9 Å². The quantitative estimate of drug-likeness (QED) is 0.784. The molecule has 0 saturated carbocycles. The molecule has 0 amide bonds. The molecule has 0 aliphatic heterocycles. The van der Waals surface area contributed by atoms with Gasteiger partial charge in [-0.05, 0) is 12.1 Å². The van der Waals surface area contributed by atoms with Crippen molar-refractivity contribution < 1.29 is 21.9 Å². The summed E-state index contributed by atoms with van der Waals surface area (Å²) in [5.41, 5.74) is 4.56. The molecule has 5 nitrogen and oxygen atoms in total. The lowest BCUT2D eigenvalue weighted by molar-refractivity contribution is -0.137. The third-order valence-corrected chi connectivity index (χ3v) is 4.20. The van der Waals surface area contributed by atoms with E-state index in [0.29, 0.717) is 12.1 Å². The minimum absolute atomic E-state index is 0.00738. The van der Waals surface area contributed by atoms with E-state index in [2.05, 4.69) is 5.10 Å². The van der Waals surface area contributed by atoms with Crippen LogP contribution in [0.15, 0.2) is 12.1 Å². The van der Waals surface area contributed by atoms with E-state index >= 15 is 0 Å². The highest BCUT2D eigenvalue weighted by Gasteiger charge is 2.32. The normalized spacial score (nSPS) is 13.3. The molecule has 23 heavy (non-hydrogen) atoms. The van der Waals surface area contributed by atoms with Crippen molar-refractivity contribution in [1.82, 2.24) is 9.78 Å². The zero-order valence-electron chi connectivity index (χ0n) is 10.8. The molecule has 2 N–H and O–H groups in total. The average molecular weight is 408 g/mol. The van der Waals surface area contributed by atoms with Gasteiger partial charge < -0.3 is 10.3 Å². The molecule has 0 saturated heterocycles. The second-order valence-corrected chi connectivity index (χ2v) is 6.37. The van der Waals surface area contributed by atoms with Crippen molar-refractivity contribution in [1.29, 1.82) is 0 Å². The molecule has 0 bridgehead atoms. The van der Waals surface area contributed by atoms with E-state index in [1.807, 2.05) is 0 Å². The molecule has 0 spiro atoms. The average Bonchev–Trinajstić information content (AvgIpc) is 2.64. The Bertz CT molecular complexity index is 772. The first-order valence-corrected chi connectivity index (χ1v) is 8.05. The van der Waals surface area contributed by atoms with Crippen molar-refractivity contribution in [2.24, 2.45) is 0 Å². The van der Waals surface area contributed by atoms with Crippen molar-refractivity contribution in [3.05, 3.63) is 38.5 Å². The smallest absolute Gasteiger partial charge is 0.416 e. The van der Waals surface area contributed by atoms with E-state index in [1.54, 1.807) is 0 Å². The molecule has 2 rings (SSSR count). The van der Waals surface area contributed by atoms with Gasteiger partial charge >= 0.3 is 6.18 Å². The number of hydrogen-bond acceptors (Lipinski definition) is 4. The fourth-order valence-corrected chi connectivity index (χ4v) is 3.27. The summed E-state index contributed by atoms with van der Waals surface area (Å²) in [5, 5.41) is 2.82. The molecule has 126 valence electrons. The number of hydrogen-bond donors (Lipinski definition) is 1. The summed E-state index contributed by atoms with van der Waals surface area (Å²) < 4.78 is 60.6. The molecule has 0 aliphatic carbocycles. The first-order chi connectivity index (χ1) is 10.5. The van der Waals surface area contributed by atoms with Crippen LogP contribution in [0.25, 0.3) is 5.69 Å². The van der Waals surface area contributed by atoms with Crippen LogP contribution < -0.4 is 5.73 Å². The van der Waals surface area contributed by atoms with Crippen LogP contribution in [0.3, 0.4) is 0 Å². The van der Waals surface area contributed by atoms with Gasteiger partial charge in [-0.3, -0.25) is 4.21 Å². The van der Waals surface area contributed by atoms with Crippen LogP contribution in [0, 0.1) is 0 Å². The predicted octanol–water partition coefficient (Wildman–Crippen LogP) is 3.81. The Labute approximate surface area is 145 Å². The third-order valence-electron chi connectivity index (χ3n) is 2.79. The van der Waals surface area contributed by atoms with Gasteiger partial charge in [0.05, 0.1) is 15.6 Å². The van der Waals surface area contributed by atoms with Crippen molar-refractivity contribution in [3.8, 4) is 5.69 Å². The maximum atomic E-state index is 12.7. The van der Waals surface area contributed by atoms with Crippen molar-refractivity contribution in [2.45, 2.75) is 11.9 Å². The number of nitrogens with zero attached hydrogens (tertiary/aromatic N) is 2. The Morgan fingerprint density at radius 3 is 2.22 bits per heavy atom. The summed E-state index contributed by atoms with van der Waals surface area (Å²) >= 11 is 15.0. The number of rotatable bonds is 3. The van der Waals surface area contributed by atoms with Crippen molar-refractivity contribution in [2.75, 3.05) is 5.73 Å². The standard InChI is InChI=1S/C11H7Cl3F3N3O2S/c12-6-1-4(11(15,16)17)2-7(13)8(6)20-10(18)5(3-23(21)22)9(14)19-20/h1-2H,3,18H2,(H,21,22)/p-1. The maximum absolute atomic E-state index is 12.7. The Kier molecular flexibility index (Phi) is 5.17. The zero-order chi connectivity index (χ0) is 17.5. The van der Waals surface area contributed by atoms with Crippen LogP contribution in [-0.4, -0.2) is 18.5 Å². The van der Waals surface area contributed by atoms with E-state index in [9.17, 15) is 21.9 Å². The highest BCUT2D eigenvalue weighted by molar-refractivity contribution is 7.78. The van der Waals surface area contributed by atoms with Gasteiger partial charge in [0, 0.05) is 11.3 Å². The van der Waals surface area contributed by atoms with Crippen molar-refractivity contribution in [3.63, 3.8) is 0 Å². The fraction of sp³-hybridized carbons (Fsp3) is 0.182. The van der Waals surface area contributed by atoms with Gasteiger partial charge in [-0.2, -0.15) is 18.3 Å². The van der Waals surface area contributed by atoms with Gasteiger partial charge in [-0.25, -0.2) is 4.68 Å². The van der Waals surface area contributed by atoms with Gasteiger partial charge in [0.15, 0.2) is 5.15 Å². The number of halogens is 6. The van der Waals surface area contributed by atoms with E-state index in [4.69, 9.17) is 40.5 Å². The number of aromatic nitrogens is 2. The highest BCUT2D eigenvalue weighted by Crippen LogP contribution is 2.39. The topological polar surface area (TPSA) is 84.0 Å². The molecule has 1 aromatic heterocycles. The molecule has 2 aromatic rings. The summed E-state index contributed by atoms with van der Waals surface area (Å²) in [4.78, 5) is 0. The largest absolute Gasteiger partial charge is 0.772 e. The lowest BCUT2D eigenvalue weighted by Crippen LogP contribution is -2.09. The van der Waals surface area contributed by atoms with Gasteiger partial charge in [0.25, 0.3) is 0 Å². The molecule has 0 fully saturated rings. The van der Waals surface area contributed by atoms with Crippen LogP contribution in [0.1, 0.15) is 11.1 Å². The summed E-state index contributed by atoms with van der Waals surface area (Å²) in [6.07, 6.45) is -4.64. The molecule has 12 heteroatoms. The molecule has 1 unspecified atom stereocenters. The lowest BCUT2D eigenvalue weighted by Gasteiger charge is -2.13. The Hall–Kier alpha value is -1.00. The van der Waals surface area contributed by atoms with Crippen LogP contribution in [-0.2, 0) is 23.0 Å². The Morgan fingerprint density at radius 2 is 1.78 bits per heavy atom. The molecular formula is C11H6Cl3F3N3O2S-. The van der Waals surface area contributed by atoms with Crippen LogP contribution in [0.4, 0.5) is 19.0 Å². The second-order valence-electron chi connectivity index (χ2n) is 4.30. The predicted molar refractivity (Wildman–Crippen MR) is 80.6 cm³/mol. The third kappa shape index (κ3) is 3.74. The van der Waals surface area contributed by atoms with Gasteiger partial charge in [0.1, 0.15) is 11.5 Å². The van der Waals surface area contributed by atoms with Crippen LogP contribution in [0.2, 0.25) is 15.2 Å². The summed E-state index contributed by atoms with van der Waals surface area (Å²) in [5.74, 6) is -0.705. The number of alkyl halides is 3. The number of benzene rings is 1. The monoisotopic (exact) mass is 406 g/mol. The molecule has 1 heterocycles. The fourth-order valence-electron chi connectivity index (χ4n) is 1.79. The van der Waals surface area contributed by atoms with Crippen molar-refractivity contribution >= 4 is 51.7 Å². The summed E-state index contributed by atoms with van der Waals surface area (Å²) in [6, 6.07) is 1.31. The number of nitrogens with two attached hydrogens (primary N) is 1. The molecule has 0 aliphatic rings. The number of nitrogen functional groups attached to an aromatic ring is 1. The number of anilines is 1.